The summed E-state index contributed by atoms with van der Waals surface area (Å²) in [4.78, 5) is 3.78. The van der Waals surface area contributed by atoms with E-state index in [4.69, 9.17) is 11.6 Å². The second-order valence-corrected chi connectivity index (χ2v) is 1.66. The molecule has 1 aliphatic heterocycles. The lowest BCUT2D eigenvalue weighted by atomic mass is 10.5. The Morgan fingerprint density at radius 1 is 1.62 bits per heavy atom. The summed E-state index contributed by atoms with van der Waals surface area (Å²) in [7, 11) is 0. The largest absolute Gasteiger partial charge is 0.244 e. The summed E-state index contributed by atoms with van der Waals surface area (Å²) in [6, 6.07) is 0. The van der Waals surface area contributed by atoms with E-state index in [0.717, 1.165) is 0 Å². The molecule has 1 heterocycles. The van der Waals surface area contributed by atoms with Crippen molar-refractivity contribution in [3.8, 4) is 0 Å². The first-order valence-electron chi connectivity index (χ1n) is 2.20. The van der Waals surface area contributed by atoms with Crippen molar-refractivity contribution in [3.05, 3.63) is 30.2 Å². The van der Waals surface area contributed by atoms with Gasteiger partial charge in [-0.25, -0.2) is 4.99 Å². The number of aliphatic imine (C=N–C) groups is 1. The molecule has 1 nitrogen and oxygen atoms in total. The van der Waals surface area contributed by atoms with Crippen LogP contribution in [0.3, 0.4) is 0 Å². The summed E-state index contributed by atoms with van der Waals surface area (Å²) in [5, 5.41) is 0.468. The zero-order valence-electron chi connectivity index (χ0n) is 4.13. The zero-order valence-corrected chi connectivity index (χ0v) is 4.89. The maximum Gasteiger partial charge on any atom is 0.136 e. The van der Waals surface area contributed by atoms with Crippen LogP contribution in [0.25, 0.3) is 0 Å². The van der Waals surface area contributed by atoms with Crippen LogP contribution in [0.15, 0.2) is 35.2 Å². The molecule has 1 aliphatic rings. The van der Waals surface area contributed by atoms with Crippen molar-refractivity contribution in [1.29, 1.82) is 0 Å². The fraction of sp³-hybridized carbons (Fsp3) is 0. The number of allylic oxidation sites excluding steroid dienone is 2. The molecule has 40 valence electrons. The molecule has 0 bridgehead atoms. The zero-order chi connectivity index (χ0) is 5.82. The first kappa shape index (κ1) is 5.36. The quantitative estimate of drug-likeness (QED) is 0.439. The van der Waals surface area contributed by atoms with Gasteiger partial charge in [0, 0.05) is 12.3 Å². The van der Waals surface area contributed by atoms with Gasteiger partial charge in [0.2, 0.25) is 0 Å². The summed E-state index contributed by atoms with van der Waals surface area (Å²) in [5.41, 5.74) is 2.80. The smallest absolute Gasteiger partial charge is 0.136 e. The highest BCUT2D eigenvalue weighted by Gasteiger charge is 1.81. The second kappa shape index (κ2) is 2.51. The van der Waals surface area contributed by atoms with Crippen molar-refractivity contribution in [3.63, 3.8) is 0 Å². The van der Waals surface area contributed by atoms with Gasteiger partial charge in [0.25, 0.3) is 0 Å². The highest BCUT2D eigenvalue weighted by atomic mass is 35.5. The number of hydrogen-bond acceptors (Lipinski definition) is 1. The molecule has 0 spiro atoms. The van der Waals surface area contributed by atoms with Crippen LogP contribution >= 0.6 is 11.6 Å². The van der Waals surface area contributed by atoms with Crippen molar-refractivity contribution < 1.29 is 0 Å². The maximum absolute atomic E-state index is 5.48. The van der Waals surface area contributed by atoms with Crippen LogP contribution in [0.1, 0.15) is 0 Å². The van der Waals surface area contributed by atoms with E-state index >= 15 is 0 Å². The number of nitrogens with zero attached hydrogens (tertiary/aromatic N) is 1. The Morgan fingerprint density at radius 2 is 2.50 bits per heavy atom. The van der Waals surface area contributed by atoms with Crippen LogP contribution in [0.5, 0.6) is 0 Å². The molecule has 8 heavy (non-hydrogen) atoms. The van der Waals surface area contributed by atoms with Gasteiger partial charge < -0.3 is 0 Å². The van der Waals surface area contributed by atoms with Gasteiger partial charge in [-0.05, 0) is 12.2 Å². The summed E-state index contributed by atoms with van der Waals surface area (Å²) in [6.45, 7) is 0. The lowest BCUT2D eigenvalue weighted by Crippen LogP contribution is -1.71. The molecule has 0 radical (unpaired) electrons. The third-order valence-electron chi connectivity index (χ3n) is 0.679. The van der Waals surface area contributed by atoms with Crippen molar-refractivity contribution >= 4 is 16.8 Å². The average Bonchev–Trinajstić information content (AvgIpc) is 1.94. The van der Waals surface area contributed by atoms with E-state index in [-0.39, 0.29) is 0 Å². The Bertz CT molecular complexity index is 195. The van der Waals surface area contributed by atoms with Crippen molar-refractivity contribution in [2.75, 3.05) is 0 Å². The minimum absolute atomic E-state index is 0.468. The minimum atomic E-state index is 0.468. The Labute approximate surface area is 52.7 Å². The molecule has 2 heteroatoms. The van der Waals surface area contributed by atoms with E-state index in [1.54, 1.807) is 24.4 Å². The minimum Gasteiger partial charge on any atom is -0.244 e. The lowest BCUT2D eigenvalue weighted by molar-refractivity contribution is 1.60. The van der Waals surface area contributed by atoms with Crippen LogP contribution in [0.2, 0.25) is 0 Å². The van der Waals surface area contributed by atoms with Crippen LogP contribution in [-0.2, 0) is 0 Å². The molecule has 0 saturated heterocycles. The predicted octanol–water partition coefficient (Wildman–Crippen LogP) is 1.86. The molecular formula is C6H4ClN. The van der Waals surface area contributed by atoms with Crippen LogP contribution in [-0.4, -0.2) is 5.17 Å². The Balaban J connectivity index is 2.94. The third kappa shape index (κ3) is 1.38. The van der Waals surface area contributed by atoms with E-state index in [1.807, 2.05) is 0 Å². The molecule has 0 aromatic rings. The van der Waals surface area contributed by atoms with Gasteiger partial charge in [-0.3, -0.25) is 0 Å². The average molecular weight is 126 g/mol. The van der Waals surface area contributed by atoms with Crippen molar-refractivity contribution in [1.82, 2.24) is 0 Å². The van der Waals surface area contributed by atoms with E-state index in [9.17, 15) is 0 Å². The third-order valence-corrected chi connectivity index (χ3v) is 0.886. The summed E-state index contributed by atoms with van der Waals surface area (Å²) in [5.74, 6) is 0. The van der Waals surface area contributed by atoms with E-state index in [1.165, 1.54) is 0 Å². The van der Waals surface area contributed by atoms with Crippen LogP contribution < -0.4 is 0 Å². The van der Waals surface area contributed by atoms with Crippen molar-refractivity contribution in [2.24, 2.45) is 4.99 Å². The number of hydrogen-bond donors (Lipinski definition) is 0. The van der Waals surface area contributed by atoms with Gasteiger partial charge in [0.15, 0.2) is 0 Å². The normalized spacial score (nSPS) is 15.9. The van der Waals surface area contributed by atoms with E-state index in [0.29, 0.717) is 5.17 Å². The molecular weight excluding hydrogens is 122 g/mol. The lowest BCUT2D eigenvalue weighted by Gasteiger charge is -1.75. The van der Waals surface area contributed by atoms with Gasteiger partial charge in [-0.2, -0.15) is 0 Å². The van der Waals surface area contributed by atoms with Gasteiger partial charge in [-0.1, -0.05) is 11.6 Å². The topological polar surface area (TPSA) is 12.4 Å². The SMILES string of the molecule is ClC1=NC=CC=C=C1. The second-order valence-electron chi connectivity index (χ2n) is 1.27. The fourth-order valence-corrected chi connectivity index (χ4v) is 0.486. The molecule has 0 saturated carbocycles. The van der Waals surface area contributed by atoms with Crippen LogP contribution in [0, 0.1) is 0 Å². The Hall–Kier alpha value is -0.780. The first-order chi connectivity index (χ1) is 3.89. The standard InChI is InChI=1S/C6H4ClN/c7-6-4-2-1-3-5-8-6/h1,3-5H. The molecule has 0 atom stereocenters. The summed E-state index contributed by atoms with van der Waals surface area (Å²) < 4.78 is 0. The summed E-state index contributed by atoms with van der Waals surface area (Å²) >= 11 is 5.48. The monoisotopic (exact) mass is 125 g/mol. The molecule has 0 aromatic carbocycles. The van der Waals surface area contributed by atoms with E-state index < -0.39 is 0 Å². The number of halogens is 1. The van der Waals surface area contributed by atoms with Gasteiger partial charge in [-0.15, -0.1) is 5.73 Å². The molecule has 0 aromatic heterocycles. The summed E-state index contributed by atoms with van der Waals surface area (Å²) in [6.07, 6.45) is 6.76. The Kier molecular flexibility index (Phi) is 1.68. The molecule has 0 unspecified atom stereocenters. The molecule has 1 rings (SSSR count). The molecule has 0 fully saturated rings. The Morgan fingerprint density at radius 3 is 3.38 bits per heavy atom. The van der Waals surface area contributed by atoms with E-state index in [2.05, 4.69) is 10.7 Å². The van der Waals surface area contributed by atoms with Gasteiger partial charge in [0.1, 0.15) is 5.17 Å². The highest BCUT2D eigenvalue weighted by Crippen LogP contribution is 1.92. The van der Waals surface area contributed by atoms with Gasteiger partial charge in [0.05, 0.1) is 0 Å². The maximum atomic E-state index is 5.48. The van der Waals surface area contributed by atoms with Crippen molar-refractivity contribution in [2.45, 2.75) is 0 Å². The predicted molar refractivity (Wildman–Crippen MR) is 35.1 cm³/mol. The molecule has 0 amide bonds. The van der Waals surface area contributed by atoms with Crippen LogP contribution in [0.4, 0.5) is 0 Å². The number of rotatable bonds is 0. The highest BCUT2D eigenvalue weighted by molar-refractivity contribution is 6.68. The molecule has 0 aliphatic carbocycles. The molecule has 0 N–H and O–H groups in total. The first-order valence-corrected chi connectivity index (χ1v) is 2.58. The van der Waals surface area contributed by atoms with Gasteiger partial charge >= 0.3 is 0 Å². The fourth-order valence-electron chi connectivity index (χ4n) is 0.367.